The van der Waals surface area contributed by atoms with Gasteiger partial charge in [0.05, 0.1) is 6.20 Å². The zero-order valence-corrected chi connectivity index (χ0v) is 4.69. The van der Waals surface area contributed by atoms with Crippen molar-refractivity contribution in [1.82, 2.24) is 15.0 Å². The van der Waals surface area contributed by atoms with E-state index in [0.717, 1.165) is 0 Å². The van der Waals surface area contributed by atoms with Gasteiger partial charge in [0, 0.05) is 0 Å². The molecule has 0 spiro atoms. The molecule has 0 amide bonds. The van der Waals surface area contributed by atoms with E-state index in [1.807, 2.05) is 0 Å². The van der Waals surface area contributed by atoms with Gasteiger partial charge in [-0.15, -0.1) is 5.10 Å². The summed E-state index contributed by atoms with van der Waals surface area (Å²) in [6.45, 7) is 0.164. The maximum atomic E-state index is 9.84. The van der Waals surface area contributed by atoms with Gasteiger partial charge in [-0.3, -0.25) is 0 Å². The Labute approximate surface area is 51.5 Å². The van der Waals surface area contributed by atoms with E-state index >= 15 is 0 Å². The molecule has 0 unspecified atom stereocenters. The maximum Gasteiger partial charge on any atom is 0.165 e. The number of hydrogen-bond acceptors (Lipinski definition) is 4. The van der Waals surface area contributed by atoms with Gasteiger partial charge >= 0.3 is 0 Å². The van der Waals surface area contributed by atoms with Gasteiger partial charge in [-0.05, 0) is 0 Å². The molecule has 0 aromatic carbocycles. The Kier molecular flexibility index (Phi) is 1.44. The first kappa shape index (κ1) is 5.74. The van der Waals surface area contributed by atoms with E-state index < -0.39 is 0 Å². The summed E-state index contributed by atoms with van der Waals surface area (Å²) in [4.78, 5) is 11.1. The third kappa shape index (κ3) is 1.25. The average molecular weight is 126 g/mol. The van der Waals surface area contributed by atoms with Crippen LogP contribution >= 0.6 is 0 Å². The molecule has 0 saturated heterocycles. The molecule has 0 aliphatic heterocycles. The second-order valence-electron chi connectivity index (χ2n) is 1.49. The molecule has 5 heteroatoms. The van der Waals surface area contributed by atoms with Crippen LogP contribution in [0.5, 0.6) is 0 Å². The van der Waals surface area contributed by atoms with Crippen LogP contribution in [0.3, 0.4) is 0 Å². The molecule has 0 aliphatic carbocycles. The molecule has 2 N–H and O–H groups in total. The lowest BCUT2D eigenvalue weighted by Crippen LogP contribution is -2.02. The monoisotopic (exact) mass is 126 g/mol. The normalized spacial score (nSPS) is 9.33. The third-order valence-corrected chi connectivity index (χ3v) is 0.792. The van der Waals surface area contributed by atoms with Crippen LogP contribution in [0.4, 0.5) is 5.82 Å². The third-order valence-electron chi connectivity index (χ3n) is 0.792. The van der Waals surface area contributed by atoms with E-state index in [4.69, 9.17) is 5.73 Å². The lowest BCUT2D eigenvalue weighted by atomic mass is 10.8. The van der Waals surface area contributed by atoms with E-state index in [1.165, 1.54) is 11.0 Å². The van der Waals surface area contributed by atoms with Crippen LogP contribution in [0.2, 0.25) is 0 Å². The van der Waals surface area contributed by atoms with Crippen LogP contribution in [0.25, 0.3) is 0 Å². The zero-order chi connectivity index (χ0) is 6.69. The Hall–Kier alpha value is -1.39. The Morgan fingerprint density at radius 1 is 1.89 bits per heavy atom. The van der Waals surface area contributed by atoms with Crippen molar-refractivity contribution < 1.29 is 4.79 Å². The van der Waals surface area contributed by atoms with Gasteiger partial charge in [-0.1, -0.05) is 0 Å². The fraction of sp³-hybridized carbons (Fsp3) is 0.250. The van der Waals surface area contributed by atoms with Gasteiger partial charge < -0.3 is 10.5 Å². The minimum absolute atomic E-state index is 0.164. The number of nitrogens with two attached hydrogens (primary N) is 1. The summed E-state index contributed by atoms with van der Waals surface area (Å²) >= 11 is 0. The Morgan fingerprint density at radius 3 is 3.11 bits per heavy atom. The van der Waals surface area contributed by atoms with E-state index in [2.05, 4.69) is 10.2 Å². The van der Waals surface area contributed by atoms with Gasteiger partial charge in [-0.2, -0.15) is 9.90 Å². The number of anilines is 1. The minimum Gasteiger partial charge on any atom is -0.381 e. The summed E-state index contributed by atoms with van der Waals surface area (Å²) in [7, 11) is 0. The van der Waals surface area contributed by atoms with Gasteiger partial charge in [0.25, 0.3) is 0 Å². The SMILES string of the molecule is Nc1cnn(CC=O)n1. The summed E-state index contributed by atoms with van der Waals surface area (Å²) in [5.41, 5.74) is 5.20. The molecular formula is C4H6N4O. The Bertz CT molecular complexity index is 206. The van der Waals surface area contributed by atoms with Crippen molar-refractivity contribution in [2.45, 2.75) is 6.54 Å². The van der Waals surface area contributed by atoms with Crippen molar-refractivity contribution in [2.24, 2.45) is 0 Å². The number of hydrogen-bond donors (Lipinski definition) is 1. The summed E-state index contributed by atoms with van der Waals surface area (Å²) in [6.07, 6.45) is 2.10. The number of aromatic nitrogens is 3. The summed E-state index contributed by atoms with van der Waals surface area (Å²) in [5, 5.41) is 7.31. The van der Waals surface area contributed by atoms with Crippen molar-refractivity contribution in [3.8, 4) is 0 Å². The second-order valence-corrected chi connectivity index (χ2v) is 1.49. The molecule has 0 bridgehead atoms. The van der Waals surface area contributed by atoms with Gasteiger partial charge in [0.2, 0.25) is 0 Å². The highest BCUT2D eigenvalue weighted by Gasteiger charge is 1.91. The summed E-state index contributed by atoms with van der Waals surface area (Å²) in [6, 6.07) is 0. The number of nitrogens with zero attached hydrogens (tertiary/aromatic N) is 3. The first-order valence-electron chi connectivity index (χ1n) is 2.42. The predicted octanol–water partition coefficient (Wildman–Crippen LogP) is -0.941. The van der Waals surface area contributed by atoms with Gasteiger partial charge in [0.1, 0.15) is 12.8 Å². The van der Waals surface area contributed by atoms with E-state index in [1.54, 1.807) is 0 Å². The zero-order valence-electron chi connectivity index (χ0n) is 4.69. The van der Waals surface area contributed by atoms with Gasteiger partial charge in [-0.25, -0.2) is 0 Å². The van der Waals surface area contributed by atoms with Crippen molar-refractivity contribution in [3.63, 3.8) is 0 Å². The molecule has 1 rings (SSSR count). The summed E-state index contributed by atoms with van der Waals surface area (Å²) < 4.78 is 0. The van der Waals surface area contributed by atoms with Crippen LogP contribution in [0.15, 0.2) is 6.20 Å². The molecule has 0 aliphatic rings. The molecule has 0 fully saturated rings. The second kappa shape index (κ2) is 2.25. The molecule has 0 radical (unpaired) electrons. The van der Waals surface area contributed by atoms with Crippen molar-refractivity contribution in [1.29, 1.82) is 0 Å². The fourth-order valence-electron chi connectivity index (χ4n) is 0.465. The highest BCUT2D eigenvalue weighted by Crippen LogP contribution is 1.87. The number of aldehydes is 1. The largest absolute Gasteiger partial charge is 0.381 e. The molecule has 5 nitrogen and oxygen atoms in total. The standard InChI is InChI=1S/C4H6N4O/c5-4-3-6-8(7-4)1-2-9/h2-3H,1H2,(H2,5,7). The molecular weight excluding hydrogens is 120 g/mol. The van der Waals surface area contributed by atoms with Crippen LogP contribution in [0.1, 0.15) is 0 Å². The Balaban J connectivity index is 2.72. The van der Waals surface area contributed by atoms with Crippen LogP contribution in [-0.2, 0) is 11.3 Å². The van der Waals surface area contributed by atoms with Crippen molar-refractivity contribution in [3.05, 3.63) is 6.20 Å². The smallest absolute Gasteiger partial charge is 0.165 e. The average Bonchev–Trinajstić information content (AvgIpc) is 2.17. The molecule has 48 valence electrons. The number of nitrogen functional groups attached to an aromatic ring is 1. The molecule has 1 heterocycles. The van der Waals surface area contributed by atoms with Crippen molar-refractivity contribution >= 4 is 12.1 Å². The van der Waals surface area contributed by atoms with Crippen LogP contribution < -0.4 is 5.73 Å². The minimum atomic E-state index is 0.164. The predicted molar refractivity (Wildman–Crippen MR) is 30.5 cm³/mol. The van der Waals surface area contributed by atoms with E-state index in [0.29, 0.717) is 12.1 Å². The summed E-state index contributed by atoms with van der Waals surface area (Å²) in [5.74, 6) is 0.330. The van der Waals surface area contributed by atoms with Gasteiger partial charge in [0.15, 0.2) is 5.82 Å². The molecule has 0 saturated carbocycles. The first-order chi connectivity index (χ1) is 4.33. The lowest BCUT2D eigenvalue weighted by Gasteiger charge is -1.85. The first-order valence-corrected chi connectivity index (χ1v) is 2.42. The lowest BCUT2D eigenvalue weighted by molar-refractivity contribution is -0.108. The number of carbonyl (C=O) groups is 1. The van der Waals surface area contributed by atoms with Crippen LogP contribution in [0, 0.1) is 0 Å². The highest BCUT2D eigenvalue weighted by atomic mass is 16.1. The molecule has 9 heavy (non-hydrogen) atoms. The molecule has 0 atom stereocenters. The topological polar surface area (TPSA) is 73.8 Å². The van der Waals surface area contributed by atoms with E-state index in [9.17, 15) is 4.79 Å². The number of rotatable bonds is 2. The highest BCUT2D eigenvalue weighted by molar-refractivity contribution is 5.48. The quantitative estimate of drug-likeness (QED) is 0.519. The molecule has 1 aromatic heterocycles. The molecule has 1 aromatic rings. The van der Waals surface area contributed by atoms with Crippen molar-refractivity contribution in [2.75, 3.05) is 5.73 Å². The maximum absolute atomic E-state index is 9.84. The van der Waals surface area contributed by atoms with E-state index in [-0.39, 0.29) is 6.54 Å². The Morgan fingerprint density at radius 2 is 2.67 bits per heavy atom. The number of carbonyl (C=O) groups excluding carboxylic acids is 1. The van der Waals surface area contributed by atoms with Crippen LogP contribution in [-0.4, -0.2) is 21.3 Å². The fourth-order valence-corrected chi connectivity index (χ4v) is 0.465.